The molecule has 0 atom stereocenters. The number of amides is 2. The molecule has 21 heavy (non-hydrogen) atoms. The lowest BCUT2D eigenvalue weighted by atomic mass is 10.3. The Hall–Kier alpha value is -1.34. The van der Waals surface area contributed by atoms with Gasteiger partial charge in [-0.3, -0.25) is 4.79 Å². The van der Waals surface area contributed by atoms with Crippen LogP contribution in [-0.4, -0.2) is 93.2 Å². The highest BCUT2D eigenvalue weighted by Crippen LogP contribution is 2.04. The summed E-state index contributed by atoms with van der Waals surface area (Å²) in [5.41, 5.74) is 0. The second-order valence-electron chi connectivity index (χ2n) is 5.40. The fourth-order valence-corrected chi connectivity index (χ4v) is 2.18. The molecule has 0 aromatic rings. The van der Waals surface area contributed by atoms with Crippen LogP contribution in [0.2, 0.25) is 0 Å². The predicted octanol–water partition coefficient (Wildman–Crippen LogP) is -0.172. The molecule has 0 aromatic heterocycles. The van der Waals surface area contributed by atoms with E-state index in [1.54, 1.807) is 16.7 Å². The van der Waals surface area contributed by atoms with E-state index < -0.39 is 0 Å². The fraction of sp³-hybridized carbons (Fsp3) is 0.857. The minimum Gasteiger partial charge on any atom is -0.450 e. The van der Waals surface area contributed by atoms with Crippen LogP contribution in [0, 0.1) is 0 Å². The molecule has 1 N–H and O–H groups in total. The highest BCUT2D eigenvalue weighted by molar-refractivity contribution is 5.78. The van der Waals surface area contributed by atoms with Crippen molar-refractivity contribution in [1.82, 2.24) is 20.0 Å². The van der Waals surface area contributed by atoms with Crippen LogP contribution in [0.1, 0.15) is 13.3 Å². The molecular weight excluding hydrogens is 272 g/mol. The maximum atomic E-state index is 12.0. The molecule has 1 saturated heterocycles. The monoisotopic (exact) mass is 300 g/mol. The van der Waals surface area contributed by atoms with Gasteiger partial charge in [0.15, 0.2) is 0 Å². The quantitative estimate of drug-likeness (QED) is 0.661. The molecular formula is C14H28N4O3. The van der Waals surface area contributed by atoms with Crippen molar-refractivity contribution in [2.24, 2.45) is 0 Å². The van der Waals surface area contributed by atoms with Gasteiger partial charge in [-0.2, -0.15) is 0 Å². The average Bonchev–Trinajstić information content (AvgIpc) is 2.46. The summed E-state index contributed by atoms with van der Waals surface area (Å²) in [6, 6.07) is 0. The molecule has 0 radical (unpaired) electrons. The molecule has 0 bridgehead atoms. The smallest absolute Gasteiger partial charge is 0.409 e. The van der Waals surface area contributed by atoms with Crippen molar-refractivity contribution >= 4 is 12.0 Å². The summed E-state index contributed by atoms with van der Waals surface area (Å²) >= 11 is 0. The SMILES string of the molecule is CCOC(=O)N1CCN(C(=O)CNCCCN(C)C)CC1. The second-order valence-corrected chi connectivity index (χ2v) is 5.40. The first-order valence-electron chi connectivity index (χ1n) is 7.59. The zero-order valence-corrected chi connectivity index (χ0v) is 13.4. The molecule has 1 aliphatic rings. The minimum atomic E-state index is -0.286. The Labute approximate surface area is 127 Å². The van der Waals surface area contributed by atoms with Crippen LogP contribution in [-0.2, 0) is 9.53 Å². The Morgan fingerprint density at radius 2 is 1.76 bits per heavy atom. The van der Waals surface area contributed by atoms with Crippen LogP contribution in [0.3, 0.4) is 0 Å². The van der Waals surface area contributed by atoms with E-state index in [1.165, 1.54) is 0 Å². The summed E-state index contributed by atoms with van der Waals surface area (Å²) < 4.78 is 4.96. The van der Waals surface area contributed by atoms with Gasteiger partial charge in [0.25, 0.3) is 0 Å². The molecule has 1 aliphatic heterocycles. The summed E-state index contributed by atoms with van der Waals surface area (Å²) in [6.45, 7) is 6.65. The van der Waals surface area contributed by atoms with E-state index in [-0.39, 0.29) is 12.0 Å². The largest absolute Gasteiger partial charge is 0.450 e. The van der Waals surface area contributed by atoms with Crippen molar-refractivity contribution in [2.45, 2.75) is 13.3 Å². The zero-order chi connectivity index (χ0) is 15.7. The van der Waals surface area contributed by atoms with E-state index in [0.717, 1.165) is 19.5 Å². The van der Waals surface area contributed by atoms with E-state index in [9.17, 15) is 9.59 Å². The van der Waals surface area contributed by atoms with Gasteiger partial charge in [-0.05, 0) is 40.5 Å². The van der Waals surface area contributed by atoms with Crippen LogP contribution in [0.4, 0.5) is 4.79 Å². The van der Waals surface area contributed by atoms with E-state index in [1.807, 2.05) is 14.1 Å². The molecule has 1 rings (SSSR count). The number of nitrogens with one attached hydrogen (secondary N) is 1. The van der Waals surface area contributed by atoms with Gasteiger partial charge < -0.3 is 24.8 Å². The van der Waals surface area contributed by atoms with Gasteiger partial charge in [-0.25, -0.2) is 4.79 Å². The van der Waals surface area contributed by atoms with Crippen LogP contribution >= 0.6 is 0 Å². The normalized spacial score (nSPS) is 15.4. The summed E-state index contributed by atoms with van der Waals surface area (Å²) in [7, 11) is 4.07. The highest BCUT2D eigenvalue weighted by atomic mass is 16.6. The third-order valence-electron chi connectivity index (χ3n) is 3.39. The van der Waals surface area contributed by atoms with Gasteiger partial charge in [0.2, 0.25) is 5.91 Å². The summed E-state index contributed by atoms with van der Waals surface area (Å²) in [6.07, 6.45) is 0.739. The molecule has 7 nitrogen and oxygen atoms in total. The molecule has 1 heterocycles. The first kappa shape index (κ1) is 17.7. The van der Waals surface area contributed by atoms with E-state index in [0.29, 0.717) is 39.3 Å². The molecule has 7 heteroatoms. The number of carbonyl (C=O) groups excluding carboxylic acids is 2. The topological polar surface area (TPSA) is 65.1 Å². The van der Waals surface area contributed by atoms with Crippen molar-refractivity contribution in [3.8, 4) is 0 Å². The first-order chi connectivity index (χ1) is 10.0. The van der Waals surface area contributed by atoms with Gasteiger partial charge in [-0.1, -0.05) is 0 Å². The Morgan fingerprint density at radius 1 is 1.14 bits per heavy atom. The molecule has 0 spiro atoms. The fourth-order valence-electron chi connectivity index (χ4n) is 2.18. The number of ether oxygens (including phenoxy) is 1. The maximum Gasteiger partial charge on any atom is 0.409 e. The van der Waals surface area contributed by atoms with Gasteiger partial charge >= 0.3 is 6.09 Å². The third-order valence-corrected chi connectivity index (χ3v) is 3.39. The molecule has 122 valence electrons. The summed E-state index contributed by atoms with van der Waals surface area (Å²) in [5, 5.41) is 3.17. The number of carbonyl (C=O) groups is 2. The molecule has 1 fully saturated rings. The van der Waals surface area contributed by atoms with Crippen molar-refractivity contribution in [3.05, 3.63) is 0 Å². The number of piperazine rings is 1. The van der Waals surface area contributed by atoms with Crippen LogP contribution in [0.5, 0.6) is 0 Å². The number of nitrogens with zero attached hydrogens (tertiary/aromatic N) is 3. The van der Waals surface area contributed by atoms with E-state index in [4.69, 9.17) is 4.74 Å². The number of hydrogen-bond donors (Lipinski definition) is 1. The zero-order valence-electron chi connectivity index (χ0n) is 13.4. The standard InChI is InChI=1S/C14H28N4O3/c1-4-21-14(20)18-10-8-17(9-11-18)13(19)12-15-6-5-7-16(2)3/h15H,4-12H2,1-3H3. The van der Waals surface area contributed by atoms with Crippen molar-refractivity contribution < 1.29 is 14.3 Å². The summed E-state index contributed by atoms with van der Waals surface area (Å²) in [4.78, 5) is 29.1. The van der Waals surface area contributed by atoms with Crippen molar-refractivity contribution in [1.29, 1.82) is 0 Å². The Morgan fingerprint density at radius 3 is 2.33 bits per heavy atom. The van der Waals surface area contributed by atoms with Gasteiger partial charge in [0.05, 0.1) is 13.2 Å². The lowest BCUT2D eigenvalue weighted by Gasteiger charge is -2.34. The molecule has 0 aromatic carbocycles. The molecule has 0 unspecified atom stereocenters. The minimum absolute atomic E-state index is 0.100. The van der Waals surface area contributed by atoms with Crippen LogP contribution in [0.25, 0.3) is 0 Å². The predicted molar refractivity (Wildman–Crippen MR) is 81.2 cm³/mol. The van der Waals surface area contributed by atoms with E-state index >= 15 is 0 Å². The van der Waals surface area contributed by atoms with Gasteiger partial charge in [-0.15, -0.1) is 0 Å². The van der Waals surface area contributed by atoms with Gasteiger partial charge in [0.1, 0.15) is 0 Å². The number of hydrogen-bond acceptors (Lipinski definition) is 5. The van der Waals surface area contributed by atoms with Crippen molar-refractivity contribution in [3.63, 3.8) is 0 Å². The second kappa shape index (κ2) is 9.57. The van der Waals surface area contributed by atoms with Crippen molar-refractivity contribution in [2.75, 3.05) is 66.5 Å². The molecule has 2 amide bonds. The maximum absolute atomic E-state index is 12.0. The molecule has 0 saturated carbocycles. The Bertz CT molecular complexity index is 328. The van der Waals surface area contributed by atoms with E-state index in [2.05, 4.69) is 10.2 Å². The van der Waals surface area contributed by atoms with Crippen LogP contribution < -0.4 is 5.32 Å². The third kappa shape index (κ3) is 6.77. The van der Waals surface area contributed by atoms with Gasteiger partial charge in [0, 0.05) is 26.2 Å². The Kier molecular flexibility index (Phi) is 8.07. The lowest BCUT2D eigenvalue weighted by molar-refractivity contribution is -0.131. The summed E-state index contributed by atoms with van der Waals surface area (Å²) in [5.74, 6) is 0.100. The van der Waals surface area contributed by atoms with Crippen LogP contribution in [0.15, 0.2) is 0 Å². The Balaban J connectivity index is 2.15. The highest BCUT2D eigenvalue weighted by Gasteiger charge is 2.24. The first-order valence-corrected chi connectivity index (χ1v) is 7.59. The molecule has 0 aliphatic carbocycles. The number of rotatable bonds is 7. The average molecular weight is 300 g/mol. The lowest BCUT2D eigenvalue weighted by Crippen LogP contribution is -2.52.